The summed E-state index contributed by atoms with van der Waals surface area (Å²) in [5.74, 6) is 0. The molecule has 0 radical (unpaired) electrons. The van der Waals surface area contributed by atoms with Crippen LogP contribution in [0.25, 0.3) is 0 Å². The fourth-order valence-corrected chi connectivity index (χ4v) is 3.58. The Morgan fingerprint density at radius 2 is 1.70 bits per heavy atom. The van der Waals surface area contributed by atoms with Crippen LogP contribution in [0.5, 0.6) is 0 Å². The monoisotopic (exact) mass is 290 g/mol. The molecule has 4 nitrogen and oxygen atoms in total. The van der Waals surface area contributed by atoms with Crippen molar-refractivity contribution in [3.63, 3.8) is 0 Å². The molecule has 0 fully saturated rings. The van der Waals surface area contributed by atoms with Gasteiger partial charge in [0, 0.05) is 13.6 Å². The van der Waals surface area contributed by atoms with Crippen LogP contribution in [0.3, 0.4) is 0 Å². The Morgan fingerprint density at radius 3 is 2.30 bits per heavy atom. The highest BCUT2D eigenvalue weighted by molar-refractivity contribution is 7.89. The standard InChI is InChI=1S/C15H18N2O2S/c1-12-7-6-10-14(16)15(12)20(18,19)17(2)11-13-8-4-3-5-9-13/h3-10H,11,16H2,1-2H3. The summed E-state index contributed by atoms with van der Waals surface area (Å²) in [5.41, 5.74) is 7.71. The maximum atomic E-state index is 12.6. The second kappa shape index (κ2) is 5.64. The molecule has 0 aliphatic heterocycles. The van der Waals surface area contributed by atoms with Gasteiger partial charge in [0.15, 0.2) is 0 Å². The van der Waals surface area contributed by atoms with Crippen LogP contribution in [0.1, 0.15) is 11.1 Å². The number of nitrogen functional groups attached to an aromatic ring is 1. The molecule has 0 aliphatic rings. The molecule has 0 saturated carbocycles. The molecular formula is C15H18N2O2S. The fourth-order valence-electron chi connectivity index (χ4n) is 2.11. The highest BCUT2D eigenvalue weighted by Crippen LogP contribution is 2.26. The highest BCUT2D eigenvalue weighted by Gasteiger charge is 2.25. The van der Waals surface area contributed by atoms with Gasteiger partial charge in [0.2, 0.25) is 10.0 Å². The fraction of sp³-hybridized carbons (Fsp3) is 0.200. The van der Waals surface area contributed by atoms with Gasteiger partial charge in [-0.2, -0.15) is 4.31 Å². The summed E-state index contributed by atoms with van der Waals surface area (Å²) in [5, 5.41) is 0. The molecule has 20 heavy (non-hydrogen) atoms. The van der Waals surface area contributed by atoms with E-state index in [9.17, 15) is 8.42 Å². The van der Waals surface area contributed by atoms with E-state index < -0.39 is 10.0 Å². The molecular weight excluding hydrogens is 272 g/mol. The van der Waals surface area contributed by atoms with Gasteiger partial charge in [0.05, 0.1) is 5.69 Å². The SMILES string of the molecule is Cc1cccc(N)c1S(=O)(=O)N(C)Cc1ccccc1. The smallest absolute Gasteiger partial charge is 0.245 e. The van der Waals surface area contributed by atoms with Gasteiger partial charge < -0.3 is 5.73 Å². The molecule has 0 atom stereocenters. The summed E-state index contributed by atoms with van der Waals surface area (Å²) in [4.78, 5) is 0.193. The average Bonchev–Trinajstić information content (AvgIpc) is 2.39. The molecule has 2 rings (SSSR count). The topological polar surface area (TPSA) is 63.4 Å². The third-order valence-corrected chi connectivity index (χ3v) is 5.18. The summed E-state index contributed by atoms with van der Waals surface area (Å²) < 4.78 is 26.6. The van der Waals surface area contributed by atoms with E-state index in [4.69, 9.17) is 5.73 Å². The van der Waals surface area contributed by atoms with Crippen molar-refractivity contribution in [2.24, 2.45) is 0 Å². The summed E-state index contributed by atoms with van der Waals surface area (Å²) >= 11 is 0. The molecule has 106 valence electrons. The van der Waals surface area contributed by atoms with E-state index in [1.54, 1.807) is 32.2 Å². The summed E-state index contributed by atoms with van der Waals surface area (Å²) in [6.45, 7) is 2.07. The van der Waals surface area contributed by atoms with Crippen LogP contribution in [0.2, 0.25) is 0 Å². The van der Waals surface area contributed by atoms with Gasteiger partial charge in [-0.15, -0.1) is 0 Å². The normalized spacial score (nSPS) is 11.8. The van der Waals surface area contributed by atoms with Crippen LogP contribution >= 0.6 is 0 Å². The molecule has 0 spiro atoms. The molecule has 0 aliphatic carbocycles. The predicted molar refractivity (Wildman–Crippen MR) is 80.7 cm³/mol. The molecule has 5 heteroatoms. The van der Waals surface area contributed by atoms with Crippen molar-refractivity contribution in [2.75, 3.05) is 12.8 Å². The number of anilines is 1. The minimum absolute atomic E-state index is 0.193. The highest BCUT2D eigenvalue weighted by atomic mass is 32.2. The van der Waals surface area contributed by atoms with Crippen molar-refractivity contribution in [3.05, 3.63) is 59.7 Å². The van der Waals surface area contributed by atoms with Crippen molar-refractivity contribution < 1.29 is 8.42 Å². The Kier molecular flexibility index (Phi) is 4.11. The summed E-state index contributed by atoms with van der Waals surface area (Å²) in [6.07, 6.45) is 0. The van der Waals surface area contributed by atoms with Gasteiger partial charge in [-0.25, -0.2) is 8.42 Å². The zero-order chi connectivity index (χ0) is 14.8. The van der Waals surface area contributed by atoms with E-state index in [1.165, 1.54) is 4.31 Å². The lowest BCUT2D eigenvalue weighted by molar-refractivity contribution is 0.466. The van der Waals surface area contributed by atoms with Crippen LogP contribution in [0.15, 0.2) is 53.4 Å². The lowest BCUT2D eigenvalue weighted by atomic mass is 10.2. The summed E-state index contributed by atoms with van der Waals surface area (Å²) in [6, 6.07) is 14.6. The van der Waals surface area contributed by atoms with E-state index in [0.717, 1.165) is 5.56 Å². The van der Waals surface area contributed by atoms with Crippen LogP contribution in [0, 0.1) is 6.92 Å². The van der Waals surface area contributed by atoms with Gasteiger partial charge in [0.25, 0.3) is 0 Å². The first kappa shape index (κ1) is 14.6. The maximum Gasteiger partial charge on any atom is 0.245 e. The van der Waals surface area contributed by atoms with Crippen molar-refractivity contribution >= 4 is 15.7 Å². The molecule has 2 aromatic rings. The Morgan fingerprint density at radius 1 is 1.05 bits per heavy atom. The molecule has 0 unspecified atom stereocenters. The number of rotatable bonds is 4. The first-order valence-electron chi connectivity index (χ1n) is 6.28. The zero-order valence-corrected chi connectivity index (χ0v) is 12.4. The molecule has 2 N–H and O–H groups in total. The number of nitrogens with two attached hydrogens (primary N) is 1. The largest absolute Gasteiger partial charge is 0.398 e. The second-order valence-corrected chi connectivity index (χ2v) is 6.72. The van der Waals surface area contributed by atoms with Crippen molar-refractivity contribution in [1.82, 2.24) is 4.31 Å². The molecule has 0 heterocycles. The predicted octanol–water partition coefficient (Wildman–Crippen LogP) is 2.40. The van der Waals surface area contributed by atoms with Gasteiger partial charge >= 0.3 is 0 Å². The van der Waals surface area contributed by atoms with Crippen molar-refractivity contribution in [2.45, 2.75) is 18.4 Å². The maximum absolute atomic E-state index is 12.6. The quantitative estimate of drug-likeness (QED) is 0.879. The number of hydrogen-bond donors (Lipinski definition) is 1. The molecule has 0 aromatic heterocycles. The van der Waals surface area contributed by atoms with E-state index in [1.807, 2.05) is 30.3 Å². The molecule has 0 saturated heterocycles. The number of sulfonamides is 1. The van der Waals surface area contributed by atoms with Gasteiger partial charge in [0.1, 0.15) is 4.90 Å². The Labute approximate surface area is 119 Å². The summed E-state index contributed by atoms with van der Waals surface area (Å²) in [7, 11) is -2.03. The molecule has 2 aromatic carbocycles. The first-order chi connectivity index (χ1) is 9.43. The minimum Gasteiger partial charge on any atom is -0.398 e. The van der Waals surface area contributed by atoms with Gasteiger partial charge in [-0.1, -0.05) is 42.5 Å². The second-order valence-electron chi connectivity index (χ2n) is 4.74. The minimum atomic E-state index is -3.59. The van der Waals surface area contributed by atoms with Crippen molar-refractivity contribution in [3.8, 4) is 0 Å². The van der Waals surface area contributed by atoms with Gasteiger partial charge in [-0.05, 0) is 24.1 Å². The van der Waals surface area contributed by atoms with Crippen LogP contribution in [-0.2, 0) is 16.6 Å². The Bertz CT molecular complexity index is 677. The number of hydrogen-bond acceptors (Lipinski definition) is 3. The lowest BCUT2D eigenvalue weighted by Crippen LogP contribution is -2.27. The lowest BCUT2D eigenvalue weighted by Gasteiger charge is -2.19. The molecule has 0 amide bonds. The Balaban J connectivity index is 2.35. The Hall–Kier alpha value is -1.85. The third-order valence-electron chi connectivity index (χ3n) is 3.16. The van der Waals surface area contributed by atoms with Crippen molar-refractivity contribution in [1.29, 1.82) is 0 Å². The number of aryl methyl sites for hydroxylation is 1. The third kappa shape index (κ3) is 2.84. The van der Waals surface area contributed by atoms with Crippen LogP contribution in [-0.4, -0.2) is 19.8 Å². The van der Waals surface area contributed by atoms with E-state index >= 15 is 0 Å². The zero-order valence-electron chi connectivity index (χ0n) is 11.6. The van der Waals surface area contributed by atoms with Crippen LogP contribution < -0.4 is 5.73 Å². The number of benzene rings is 2. The van der Waals surface area contributed by atoms with E-state index in [-0.39, 0.29) is 10.6 Å². The average molecular weight is 290 g/mol. The van der Waals surface area contributed by atoms with Gasteiger partial charge in [-0.3, -0.25) is 0 Å². The van der Waals surface area contributed by atoms with Crippen LogP contribution in [0.4, 0.5) is 5.69 Å². The number of nitrogens with zero attached hydrogens (tertiary/aromatic N) is 1. The van der Waals surface area contributed by atoms with E-state index in [0.29, 0.717) is 12.1 Å². The molecule has 0 bridgehead atoms. The first-order valence-corrected chi connectivity index (χ1v) is 7.72. The van der Waals surface area contributed by atoms with E-state index in [2.05, 4.69) is 0 Å².